The smallest absolute Gasteiger partial charge is 0.306 e. The Hall–Kier alpha value is -1.25. The first-order valence-electron chi connectivity index (χ1n) is 31.4. The Morgan fingerprint density at radius 3 is 1.03 bits per heavy atom. The van der Waals surface area contributed by atoms with E-state index in [0.717, 1.165) is 51.4 Å². The molecule has 0 aromatic rings. The number of quaternary nitrogens is 1. The molecule has 0 aromatic heterocycles. The third-order valence-corrected chi connectivity index (χ3v) is 15.2. The molecule has 9 nitrogen and oxygen atoms in total. The van der Waals surface area contributed by atoms with Gasteiger partial charge in [0.2, 0.25) is 0 Å². The number of rotatable bonds is 59. The van der Waals surface area contributed by atoms with Gasteiger partial charge in [0.1, 0.15) is 19.8 Å². The van der Waals surface area contributed by atoms with Crippen LogP contribution in [0.2, 0.25) is 0 Å². The summed E-state index contributed by atoms with van der Waals surface area (Å²) in [5, 5.41) is 0. The largest absolute Gasteiger partial charge is 0.756 e. The zero-order valence-electron chi connectivity index (χ0n) is 48.7. The summed E-state index contributed by atoms with van der Waals surface area (Å²) < 4.78 is 34.1. The number of phosphoric ester groups is 1. The third-order valence-electron chi connectivity index (χ3n) is 14.3. The van der Waals surface area contributed by atoms with Gasteiger partial charge in [0, 0.05) is 12.8 Å². The Bertz CT molecular complexity index is 1220. The normalized spacial score (nSPS) is 13.2. The number of unbranched alkanes of at least 4 members (excludes halogenated alkanes) is 43. The van der Waals surface area contributed by atoms with Crippen LogP contribution in [0.1, 0.15) is 322 Å². The molecule has 0 aliphatic carbocycles. The lowest BCUT2D eigenvalue weighted by Gasteiger charge is -2.28. The Labute approximate surface area is 447 Å². The molecule has 2 atom stereocenters. The molecular weight excluding hydrogens is 918 g/mol. The second-order valence-electron chi connectivity index (χ2n) is 22.8. The predicted octanol–water partition coefficient (Wildman–Crippen LogP) is 19.0. The molecule has 0 aromatic carbocycles. The number of hydrogen-bond acceptors (Lipinski definition) is 8. The fourth-order valence-corrected chi connectivity index (χ4v) is 10.1. The summed E-state index contributed by atoms with van der Waals surface area (Å²) in [5.41, 5.74) is 0. The summed E-state index contributed by atoms with van der Waals surface area (Å²) in [6, 6.07) is 0. The van der Waals surface area contributed by atoms with E-state index in [4.69, 9.17) is 18.5 Å². The number of ether oxygens (including phenoxy) is 2. The first-order valence-corrected chi connectivity index (χ1v) is 32.9. The van der Waals surface area contributed by atoms with Gasteiger partial charge in [0.05, 0.1) is 27.7 Å². The number of phosphoric acid groups is 1. The second-order valence-corrected chi connectivity index (χ2v) is 24.2. The van der Waals surface area contributed by atoms with Crippen LogP contribution in [0.5, 0.6) is 0 Å². The van der Waals surface area contributed by atoms with Crippen molar-refractivity contribution < 1.29 is 42.1 Å². The van der Waals surface area contributed by atoms with Crippen molar-refractivity contribution in [1.82, 2.24) is 0 Å². The van der Waals surface area contributed by atoms with Crippen molar-refractivity contribution >= 4 is 19.8 Å². The minimum atomic E-state index is -4.63. The van der Waals surface area contributed by atoms with E-state index >= 15 is 0 Å². The standard InChI is InChI=1S/C62H122NO8P/c1-6-8-10-12-14-16-18-20-22-23-24-25-26-27-28-29-30-31-32-33-34-35-36-37-38-39-41-42-44-46-48-50-52-54-61(64)68-58-60(59-70-72(66,67)69-57-56-63(3,4)5)71-62(65)55-53-51-49-47-45-43-40-21-19-17-15-13-11-9-7-2/h21,40,60H,6-20,22-39,41-59H2,1-5H3/b40-21-. The maximum absolute atomic E-state index is 12.8. The van der Waals surface area contributed by atoms with Gasteiger partial charge in [0.15, 0.2) is 6.10 Å². The van der Waals surface area contributed by atoms with Crippen molar-refractivity contribution in [2.24, 2.45) is 0 Å². The van der Waals surface area contributed by atoms with E-state index in [0.29, 0.717) is 17.4 Å². The number of likely N-dealkylation sites (N-methyl/N-ethyl adjacent to an activating group) is 1. The van der Waals surface area contributed by atoms with Crippen LogP contribution in [0, 0.1) is 0 Å². The van der Waals surface area contributed by atoms with Gasteiger partial charge in [0.25, 0.3) is 7.82 Å². The minimum absolute atomic E-state index is 0.0288. The predicted molar refractivity (Wildman–Crippen MR) is 305 cm³/mol. The molecule has 0 radical (unpaired) electrons. The van der Waals surface area contributed by atoms with E-state index in [-0.39, 0.29) is 32.0 Å². The Morgan fingerprint density at radius 1 is 0.417 bits per heavy atom. The molecule has 0 aliphatic rings. The molecule has 0 bridgehead atoms. The van der Waals surface area contributed by atoms with Gasteiger partial charge in [-0.15, -0.1) is 0 Å². The third kappa shape index (κ3) is 58.0. The number of nitrogens with zero attached hydrogens (tertiary/aromatic N) is 1. The van der Waals surface area contributed by atoms with Crippen molar-refractivity contribution in [2.45, 2.75) is 328 Å². The molecule has 0 amide bonds. The quantitative estimate of drug-likeness (QED) is 0.0195. The van der Waals surface area contributed by atoms with Gasteiger partial charge < -0.3 is 27.9 Å². The maximum atomic E-state index is 12.8. The van der Waals surface area contributed by atoms with Crippen molar-refractivity contribution in [2.75, 3.05) is 47.5 Å². The molecule has 0 N–H and O–H groups in total. The molecule has 0 aliphatic heterocycles. The molecule has 0 saturated heterocycles. The molecule has 0 fully saturated rings. The molecule has 428 valence electrons. The Kier molecular flexibility index (Phi) is 53.6. The molecule has 72 heavy (non-hydrogen) atoms. The lowest BCUT2D eigenvalue weighted by molar-refractivity contribution is -0.870. The SMILES string of the molecule is CCCCCCCC/C=C\CCCCCCCC(=O)OC(COC(=O)CCCCCCCCCCCCCCCCCCCCCCCCCCCCCCCCCCC)COP(=O)([O-])OCC[N+](C)(C)C. The number of carbonyl (C=O) groups excluding carboxylic acids is 2. The molecule has 10 heteroatoms. The van der Waals surface area contributed by atoms with Crippen molar-refractivity contribution in [3.63, 3.8) is 0 Å². The fourth-order valence-electron chi connectivity index (χ4n) is 9.42. The molecule has 2 unspecified atom stereocenters. The number of allylic oxidation sites excluding steroid dienone is 2. The van der Waals surface area contributed by atoms with E-state index in [1.54, 1.807) is 0 Å². The van der Waals surface area contributed by atoms with Crippen molar-refractivity contribution in [3.05, 3.63) is 12.2 Å². The van der Waals surface area contributed by atoms with Crippen LogP contribution in [0.25, 0.3) is 0 Å². The van der Waals surface area contributed by atoms with Crippen LogP contribution in [-0.2, 0) is 32.7 Å². The first kappa shape index (κ1) is 70.8. The molecule has 0 spiro atoms. The van der Waals surface area contributed by atoms with Crippen molar-refractivity contribution in [3.8, 4) is 0 Å². The van der Waals surface area contributed by atoms with Crippen molar-refractivity contribution in [1.29, 1.82) is 0 Å². The van der Waals surface area contributed by atoms with Gasteiger partial charge in [-0.3, -0.25) is 14.2 Å². The Morgan fingerprint density at radius 2 is 0.708 bits per heavy atom. The van der Waals surface area contributed by atoms with Gasteiger partial charge in [-0.25, -0.2) is 0 Å². The zero-order valence-corrected chi connectivity index (χ0v) is 49.6. The molecule has 0 heterocycles. The molecule has 0 rings (SSSR count). The lowest BCUT2D eigenvalue weighted by Crippen LogP contribution is -2.37. The highest BCUT2D eigenvalue weighted by molar-refractivity contribution is 7.45. The highest BCUT2D eigenvalue weighted by atomic mass is 31.2. The van der Waals surface area contributed by atoms with Crippen LogP contribution in [0.3, 0.4) is 0 Å². The number of hydrogen-bond donors (Lipinski definition) is 0. The average molecular weight is 1040 g/mol. The fraction of sp³-hybridized carbons (Fsp3) is 0.935. The summed E-state index contributed by atoms with van der Waals surface area (Å²) >= 11 is 0. The van der Waals surface area contributed by atoms with Gasteiger partial charge in [-0.2, -0.15) is 0 Å². The van der Waals surface area contributed by atoms with Gasteiger partial charge in [-0.05, 0) is 38.5 Å². The van der Waals surface area contributed by atoms with Gasteiger partial charge in [-0.1, -0.05) is 283 Å². The van der Waals surface area contributed by atoms with E-state index in [1.165, 1.54) is 238 Å². The monoisotopic (exact) mass is 1040 g/mol. The van der Waals surface area contributed by atoms with Crippen LogP contribution in [0.15, 0.2) is 12.2 Å². The topological polar surface area (TPSA) is 111 Å². The summed E-state index contributed by atoms with van der Waals surface area (Å²) in [6.45, 7) is 4.28. The molecule has 0 saturated carbocycles. The lowest BCUT2D eigenvalue weighted by atomic mass is 10.0. The summed E-state index contributed by atoms with van der Waals surface area (Å²) in [4.78, 5) is 37.8. The van der Waals surface area contributed by atoms with Crippen LogP contribution in [0.4, 0.5) is 0 Å². The molecular formula is C62H122NO8P. The van der Waals surface area contributed by atoms with E-state index in [1.807, 2.05) is 21.1 Å². The van der Waals surface area contributed by atoms with Crippen LogP contribution < -0.4 is 4.89 Å². The van der Waals surface area contributed by atoms with E-state index < -0.39 is 26.5 Å². The average Bonchev–Trinajstić information content (AvgIpc) is 3.34. The maximum Gasteiger partial charge on any atom is 0.306 e. The summed E-state index contributed by atoms with van der Waals surface area (Å²) in [5.74, 6) is -0.825. The highest BCUT2D eigenvalue weighted by Gasteiger charge is 2.22. The van der Waals surface area contributed by atoms with E-state index in [2.05, 4.69) is 26.0 Å². The minimum Gasteiger partial charge on any atom is -0.756 e. The summed E-state index contributed by atoms with van der Waals surface area (Å²) in [7, 11) is 1.18. The van der Waals surface area contributed by atoms with Gasteiger partial charge >= 0.3 is 11.9 Å². The summed E-state index contributed by atoms with van der Waals surface area (Å²) in [6.07, 6.45) is 64.4. The number of carbonyl (C=O) groups is 2. The Balaban J connectivity index is 3.93. The van der Waals surface area contributed by atoms with Crippen LogP contribution in [-0.4, -0.2) is 70.0 Å². The first-order chi connectivity index (χ1) is 35.0. The number of esters is 2. The highest BCUT2D eigenvalue weighted by Crippen LogP contribution is 2.38. The second kappa shape index (κ2) is 54.5. The van der Waals surface area contributed by atoms with E-state index in [9.17, 15) is 19.0 Å². The zero-order chi connectivity index (χ0) is 52.7. The van der Waals surface area contributed by atoms with Crippen LogP contribution >= 0.6 is 7.82 Å².